The van der Waals surface area contributed by atoms with E-state index in [0.717, 1.165) is 33.7 Å². The maximum Gasteiger partial charge on any atom is 0.214 e. The van der Waals surface area contributed by atoms with Crippen LogP contribution < -0.4 is 4.74 Å². The molecule has 0 saturated heterocycles. The van der Waals surface area contributed by atoms with E-state index in [-0.39, 0.29) is 11.5 Å². The van der Waals surface area contributed by atoms with Gasteiger partial charge in [0, 0.05) is 5.56 Å². The number of aryl methyl sites for hydroxylation is 3. The number of Topliss-reactive ketones (excluding diaryl/α,β-unsaturated/α-hetero) is 1. The molecule has 0 saturated carbocycles. The maximum atomic E-state index is 12.7. The molecular formula is C20H22N4O2S. The zero-order valence-corrected chi connectivity index (χ0v) is 16.7. The third kappa shape index (κ3) is 4.36. The number of benzene rings is 2. The fourth-order valence-electron chi connectivity index (χ4n) is 3.10. The Kier molecular flexibility index (Phi) is 5.91. The van der Waals surface area contributed by atoms with Crippen molar-refractivity contribution >= 4 is 17.5 Å². The molecule has 0 spiro atoms. The third-order valence-electron chi connectivity index (χ3n) is 4.12. The van der Waals surface area contributed by atoms with E-state index in [9.17, 15) is 4.79 Å². The maximum absolute atomic E-state index is 12.7. The van der Waals surface area contributed by atoms with Gasteiger partial charge in [-0.2, -0.15) is 4.68 Å². The molecule has 27 heavy (non-hydrogen) atoms. The van der Waals surface area contributed by atoms with Crippen LogP contribution in [0.4, 0.5) is 0 Å². The fourth-order valence-corrected chi connectivity index (χ4v) is 3.87. The van der Waals surface area contributed by atoms with Gasteiger partial charge in [-0.25, -0.2) is 0 Å². The average molecular weight is 382 g/mol. The first-order chi connectivity index (χ1) is 13.0. The number of tetrazole rings is 1. The number of hydrogen-bond acceptors (Lipinski definition) is 6. The van der Waals surface area contributed by atoms with Crippen LogP contribution in [0.1, 0.15) is 34.0 Å². The summed E-state index contributed by atoms with van der Waals surface area (Å²) in [5, 5.41) is 12.4. The molecule has 0 radical (unpaired) electrons. The highest BCUT2D eigenvalue weighted by Crippen LogP contribution is 2.23. The second kappa shape index (κ2) is 8.35. The molecule has 140 valence electrons. The van der Waals surface area contributed by atoms with Gasteiger partial charge in [0.15, 0.2) is 5.78 Å². The SMILES string of the molecule is CCOc1ccc(-n2nnnc2SCC(=O)c2c(C)cc(C)cc2C)cc1. The summed E-state index contributed by atoms with van der Waals surface area (Å²) >= 11 is 1.33. The van der Waals surface area contributed by atoms with Crippen LogP contribution in [0.3, 0.4) is 0 Å². The van der Waals surface area contributed by atoms with E-state index in [1.54, 1.807) is 4.68 Å². The summed E-state index contributed by atoms with van der Waals surface area (Å²) in [6, 6.07) is 11.6. The van der Waals surface area contributed by atoms with Gasteiger partial charge in [-0.3, -0.25) is 4.79 Å². The summed E-state index contributed by atoms with van der Waals surface area (Å²) in [6.07, 6.45) is 0. The van der Waals surface area contributed by atoms with Crippen molar-refractivity contribution in [1.82, 2.24) is 20.2 Å². The van der Waals surface area contributed by atoms with Gasteiger partial charge >= 0.3 is 0 Å². The van der Waals surface area contributed by atoms with Crippen LogP contribution in [-0.4, -0.2) is 38.4 Å². The van der Waals surface area contributed by atoms with Crippen molar-refractivity contribution in [2.75, 3.05) is 12.4 Å². The Hall–Kier alpha value is -2.67. The lowest BCUT2D eigenvalue weighted by Gasteiger charge is -2.10. The minimum atomic E-state index is 0.0799. The number of nitrogens with zero attached hydrogens (tertiary/aromatic N) is 4. The highest BCUT2D eigenvalue weighted by Gasteiger charge is 2.16. The van der Waals surface area contributed by atoms with E-state index >= 15 is 0 Å². The Morgan fingerprint density at radius 1 is 1.11 bits per heavy atom. The van der Waals surface area contributed by atoms with Gasteiger partial charge in [-0.05, 0) is 73.5 Å². The van der Waals surface area contributed by atoms with Crippen molar-refractivity contribution in [3.63, 3.8) is 0 Å². The van der Waals surface area contributed by atoms with Crippen molar-refractivity contribution in [3.8, 4) is 11.4 Å². The summed E-state index contributed by atoms with van der Waals surface area (Å²) in [6.45, 7) is 8.54. The molecule has 3 aromatic rings. The molecule has 3 rings (SSSR count). The van der Waals surface area contributed by atoms with Gasteiger partial charge in [-0.15, -0.1) is 5.10 Å². The monoisotopic (exact) mass is 382 g/mol. The smallest absolute Gasteiger partial charge is 0.214 e. The van der Waals surface area contributed by atoms with Crippen molar-refractivity contribution in [3.05, 3.63) is 58.7 Å². The van der Waals surface area contributed by atoms with Crippen molar-refractivity contribution in [2.45, 2.75) is 32.9 Å². The number of rotatable bonds is 7. The van der Waals surface area contributed by atoms with E-state index < -0.39 is 0 Å². The topological polar surface area (TPSA) is 69.9 Å². The Morgan fingerprint density at radius 2 is 1.78 bits per heavy atom. The first-order valence-electron chi connectivity index (χ1n) is 8.75. The number of hydrogen-bond donors (Lipinski definition) is 0. The quantitative estimate of drug-likeness (QED) is 0.455. The number of thioether (sulfide) groups is 1. The van der Waals surface area contributed by atoms with Crippen LogP contribution >= 0.6 is 11.8 Å². The zero-order chi connectivity index (χ0) is 19.4. The van der Waals surface area contributed by atoms with Crippen molar-refractivity contribution in [2.24, 2.45) is 0 Å². The predicted octanol–water partition coefficient (Wildman–Crippen LogP) is 3.96. The number of ether oxygens (including phenoxy) is 1. The second-order valence-electron chi connectivity index (χ2n) is 6.29. The first kappa shape index (κ1) is 19.1. The molecule has 0 aliphatic heterocycles. The highest BCUT2D eigenvalue weighted by molar-refractivity contribution is 7.99. The van der Waals surface area contributed by atoms with E-state index in [0.29, 0.717) is 11.8 Å². The Bertz CT molecular complexity index is 928. The van der Waals surface area contributed by atoms with Gasteiger partial charge in [0.1, 0.15) is 5.75 Å². The van der Waals surface area contributed by atoms with Crippen LogP contribution in [0, 0.1) is 20.8 Å². The summed E-state index contributed by atoms with van der Waals surface area (Å²) < 4.78 is 7.08. The molecule has 0 unspecified atom stereocenters. The van der Waals surface area contributed by atoms with Crippen molar-refractivity contribution in [1.29, 1.82) is 0 Å². The van der Waals surface area contributed by atoms with Crippen LogP contribution in [0.5, 0.6) is 5.75 Å². The molecule has 6 nitrogen and oxygen atoms in total. The van der Waals surface area contributed by atoms with Gasteiger partial charge < -0.3 is 4.74 Å². The minimum Gasteiger partial charge on any atom is -0.494 e. The second-order valence-corrected chi connectivity index (χ2v) is 7.23. The molecule has 1 heterocycles. The highest BCUT2D eigenvalue weighted by atomic mass is 32.2. The molecule has 7 heteroatoms. The number of aromatic nitrogens is 4. The van der Waals surface area contributed by atoms with E-state index in [2.05, 4.69) is 15.5 Å². The standard InChI is InChI=1S/C20H22N4O2S/c1-5-26-17-8-6-16(7-9-17)24-20(21-22-23-24)27-12-18(25)19-14(3)10-13(2)11-15(19)4/h6-11H,5,12H2,1-4H3. The lowest BCUT2D eigenvalue weighted by Crippen LogP contribution is -2.09. The van der Waals surface area contributed by atoms with Crippen LogP contribution in [0.2, 0.25) is 0 Å². The zero-order valence-electron chi connectivity index (χ0n) is 15.9. The normalized spacial score (nSPS) is 10.8. The van der Waals surface area contributed by atoms with Crippen LogP contribution in [0.15, 0.2) is 41.6 Å². The summed E-state index contributed by atoms with van der Waals surface area (Å²) in [4.78, 5) is 12.7. The molecule has 0 atom stereocenters. The minimum absolute atomic E-state index is 0.0799. The van der Waals surface area contributed by atoms with Gasteiger partial charge in [-0.1, -0.05) is 29.5 Å². The molecule has 0 N–H and O–H groups in total. The van der Waals surface area contributed by atoms with E-state index in [1.165, 1.54) is 11.8 Å². The summed E-state index contributed by atoms with van der Waals surface area (Å²) in [5.74, 6) is 1.16. The average Bonchev–Trinajstić information content (AvgIpc) is 3.08. The molecule has 1 aromatic heterocycles. The van der Waals surface area contributed by atoms with Gasteiger partial charge in [0.2, 0.25) is 5.16 Å². The molecule has 0 fully saturated rings. The van der Waals surface area contributed by atoms with E-state index in [4.69, 9.17) is 4.74 Å². The van der Waals surface area contributed by atoms with E-state index in [1.807, 2.05) is 64.1 Å². The third-order valence-corrected chi connectivity index (χ3v) is 5.04. The fraction of sp³-hybridized carbons (Fsp3) is 0.300. The lowest BCUT2D eigenvalue weighted by atomic mass is 9.97. The summed E-state index contributed by atoms with van der Waals surface area (Å²) in [5.41, 5.74) is 4.77. The predicted molar refractivity (Wildman–Crippen MR) is 106 cm³/mol. The molecule has 0 bridgehead atoms. The molecule has 0 amide bonds. The molecular weight excluding hydrogens is 360 g/mol. The molecule has 0 aliphatic rings. The van der Waals surface area contributed by atoms with Crippen molar-refractivity contribution < 1.29 is 9.53 Å². The summed E-state index contributed by atoms with van der Waals surface area (Å²) in [7, 11) is 0. The Labute approximate surface area is 162 Å². The van der Waals surface area contributed by atoms with Crippen LogP contribution in [-0.2, 0) is 0 Å². The Balaban J connectivity index is 1.75. The molecule has 2 aromatic carbocycles. The number of ketones is 1. The van der Waals surface area contributed by atoms with Gasteiger partial charge in [0.25, 0.3) is 0 Å². The number of carbonyl (C=O) groups is 1. The number of carbonyl (C=O) groups excluding carboxylic acids is 1. The molecule has 0 aliphatic carbocycles. The van der Waals surface area contributed by atoms with Gasteiger partial charge in [0.05, 0.1) is 18.0 Å². The largest absolute Gasteiger partial charge is 0.494 e. The lowest BCUT2D eigenvalue weighted by molar-refractivity contribution is 0.102. The Morgan fingerprint density at radius 3 is 2.41 bits per heavy atom. The first-order valence-corrected chi connectivity index (χ1v) is 9.73. The van der Waals surface area contributed by atoms with Crippen LogP contribution in [0.25, 0.3) is 5.69 Å².